The molecule has 1 unspecified atom stereocenters. The number of hydrogen-bond acceptors (Lipinski definition) is 5. The normalized spacial score (nSPS) is 23.7. The highest BCUT2D eigenvalue weighted by Gasteiger charge is 2.26. The third-order valence-corrected chi connectivity index (χ3v) is 3.42. The number of piperidine rings is 1. The molecule has 1 aliphatic heterocycles. The summed E-state index contributed by atoms with van der Waals surface area (Å²) in [4.78, 5) is 10.6. The molecule has 2 rings (SSSR count). The van der Waals surface area contributed by atoms with Crippen molar-refractivity contribution in [1.29, 1.82) is 0 Å². The zero-order chi connectivity index (χ0) is 13.0. The van der Waals surface area contributed by atoms with Crippen molar-refractivity contribution in [2.45, 2.75) is 19.8 Å². The maximum absolute atomic E-state index is 4.47. The third kappa shape index (κ3) is 3.32. The van der Waals surface area contributed by atoms with Crippen LogP contribution in [0, 0.1) is 5.41 Å². The van der Waals surface area contributed by atoms with Gasteiger partial charge in [-0.1, -0.05) is 6.92 Å². The third-order valence-electron chi connectivity index (χ3n) is 3.42. The second kappa shape index (κ2) is 5.52. The summed E-state index contributed by atoms with van der Waals surface area (Å²) in [6.07, 6.45) is 4.32. The number of aromatic nitrogens is 2. The molecule has 18 heavy (non-hydrogen) atoms. The number of hydrogen-bond donors (Lipinski definition) is 2. The van der Waals surface area contributed by atoms with Crippen LogP contribution in [-0.4, -0.2) is 43.7 Å². The molecule has 1 atom stereocenters. The molecular weight excluding hydrogens is 226 g/mol. The Morgan fingerprint density at radius 1 is 1.50 bits per heavy atom. The first-order valence-electron chi connectivity index (χ1n) is 6.54. The molecular formula is C13H23N5. The van der Waals surface area contributed by atoms with Crippen molar-refractivity contribution < 1.29 is 0 Å². The quantitative estimate of drug-likeness (QED) is 0.843. The highest BCUT2D eigenvalue weighted by Crippen LogP contribution is 2.25. The maximum atomic E-state index is 4.47. The largest absolute Gasteiger partial charge is 0.369 e. The molecule has 0 saturated carbocycles. The van der Waals surface area contributed by atoms with E-state index in [-0.39, 0.29) is 0 Å². The van der Waals surface area contributed by atoms with Crippen LogP contribution in [0.5, 0.6) is 0 Å². The van der Waals surface area contributed by atoms with E-state index in [1.807, 2.05) is 25.1 Å². The van der Waals surface area contributed by atoms with E-state index in [0.717, 1.165) is 31.4 Å². The lowest BCUT2D eigenvalue weighted by Gasteiger charge is -2.34. The molecule has 2 heterocycles. The van der Waals surface area contributed by atoms with Crippen LogP contribution in [0.4, 0.5) is 11.8 Å². The van der Waals surface area contributed by atoms with E-state index >= 15 is 0 Å². The molecule has 0 spiro atoms. The molecule has 5 nitrogen and oxygen atoms in total. The predicted molar refractivity (Wildman–Crippen MR) is 75.1 cm³/mol. The van der Waals surface area contributed by atoms with Gasteiger partial charge in [-0.05, 0) is 30.9 Å². The van der Waals surface area contributed by atoms with Gasteiger partial charge in [0.05, 0.1) is 0 Å². The highest BCUT2D eigenvalue weighted by atomic mass is 15.2. The number of nitrogens with zero attached hydrogens (tertiary/aromatic N) is 3. The van der Waals surface area contributed by atoms with E-state index in [4.69, 9.17) is 0 Å². The summed E-state index contributed by atoms with van der Waals surface area (Å²) in [7, 11) is 3.90. The van der Waals surface area contributed by atoms with E-state index in [9.17, 15) is 0 Å². The zero-order valence-corrected chi connectivity index (χ0v) is 11.5. The van der Waals surface area contributed by atoms with Crippen molar-refractivity contribution in [2.75, 3.05) is 43.9 Å². The number of rotatable bonds is 4. The lowest BCUT2D eigenvalue weighted by atomic mass is 9.83. The highest BCUT2D eigenvalue weighted by molar-refractivity contribution is 5.40. The van der Waals surface area contributed by atoms with Crippen LogP contribution in [0.15, 0.2) is 12.3 Å². The van der Waals surface area contributed by atoms with Crippen LogP contribution < -0.4 is 15.5 Å². The molecule has 1 aromatic rings. The van der Waals surface area contributed by atoms with Gasteiger partial charge in [-0.3, -0.25) is 0 Å². The summed E-state index contributed by atoms with van der Waals surface area (Å²) in [5.74, 6) is 1.65. The minimum Gasteiger partial charge on any atom is -0.369 e. The van der Waals surface area contributed by atoms with Gasteiger partial charge in [-0.15, -0.1) is 0 Å². The van der Waals surface area contributed by atoms with E-state index in [1.54, 1.807) is 6.20 Å². The van der Waals surface area contributed by atoms with Gasteiger partial charge < -0.3 is 15.5 Å². The maximum Gasteiger partial charge on any atom is 0.226 e. The van der Waals surface area contributed by atoms with Gasteiger partial charge >= 0.3 is 0 Å². The summed E-state index contributed by atoms with van der Waals surface area (Å²) in [6, 6.07) is 1.92. The minimum absolute atomic E-state index is 0.321. The Morgan fingerprint density at radius 3 is 3.00 bits per heavy atom. The Hall–Kier alpha value is -1.36. The molecule has 100 valence electrons. The molecule has 0 amide bonds. The van der Waals surface area contributed by atoms with E-state index in [0.29, 0.717) is 5.41 Å². The van der Waals surface area contributed by atoms with Crippen LogP contribution in [-0.2, 0) is 0 Å². The second-order valence-electron chi connectivity index (χ2n) is 5.58. The van der Waals surface area contributed by atoms with Crippen molar-refractivity contribution in [3.05, 3.63) is 12.3 Å². The van der Waals surface area contributed by atoms with Gasteiger partial charge in [-0.25, -0.2) is 4.98 Å². The fourth-order valence-corrected chi connectivity index (χ4v) is 2.24. The van der Waals surface area contributed by atoms with Crippen LogP contribution in [0.25, 0.3) is 0 Å². The average molecular weight is 249 g/mol. The van der Waals surface area contributed by atoms with Gasteiger partial charge in [0.1, 0.15) is 5.82 Å². The average Bonchev–Trinajstić information content (AvgIpc) is 2.38. The van der Waals surface area contributed by atoms with Crippen LogP contribution in [0.1, 0.15) is 19.8 Å². The Morgan fingerprint density at radius 2 is 2.33 bits per heavy atom. The van der Waals surface area contributed by atoms with Gasteiger partial charge in [0.15, 0.2) is 0 Å². The van der Waals surface area contributed by atoms with Crippen molar-refractivity contribution in [3.8, 4) is 0 Å². The monoisotopic (exact) mass is 249 g/mol. The van der Waals surface area contributed by atoms with E-state index < -0.39 is 0 Å². The lowest BCUT2D eigenvalue weighted by molar-refractivity contribution is 0.253. The van der Waals surface area contributed by atoms with E-state index in [1.165, 1.54) is 12.8 Å². The number of anilines is 2. The van der Waals surface area contributed by atoms with Crippen molar-refractivity contribution in [2.24, 2.45) is 5.41 Å². The van der Waals surface area contributed by atoms with Crippen LogP contribution in [0.3, 0.4) is 0 Å². The molecule has 0 aromatic carbocycles. The first kappa shape index (κ1) is 13.1. The Labute approximate surface area is 109 Å². The zero-order valence-electron chi connectivity index (χ0n) is 11.5. The smallest absolute Gasteiger partial charge is 0.226 e. The van der Waals surface area contributed by atoms with Crippen LogP contribution in [0.2, 0.25) is 0 Å². The summed E-state index contributed by atoms with van der Waals surface area (Å²) >= 11 is 0. The molecule has 0 bridgehead atoms. The summed E-state index contributed by atoms with van der Waals surface area (Å²) in [5, 5.41) is 6.89. The molecule has 1 aliphatic rings. The van der Waals surface area contributed by atoms with Gasteiger partial charge in [0.25, 0.3) is 0 Å². The first-order valence-corrected chi connectivity index (χ1v) is 6.54. The Balaban J connectivity index is 1.95. The van der Waals surface area contributed by atoms with Crippen molar-refractivity contribution in [3.63, 3.8) is 0 Å². The first-order chi connectivity index (χ1) is 8.59. The molecule has 0 radical (unpaired) electrons. The topological polar surface area (TPSA) is 53.1 Å². The molecule has 2 N–H and O–H groups in total. The van der Waals surface area contributed by atoms with Gasteiger partial charge in [0.2, 0.25) is 5.95 Å². The van der Waals surface area contributed by atoms with E-state index in [2.05, 4.69) is 27.5 Å². The van der Waals surface area contributed by atoms with Gasteiger partial charge in [-0.2, -0.15) is 4.98 Å². The fraction of sp³-hybridized carbons (Fsp3) is 0.692. The van der Waals surface area contributed by atoms with Crippen molar-refractivity contribution in [1.82, 2.24) is 15.3 Å². The lowest BCUT2D eigenvalue weighted by Crippen LogP contribution is -2.42. The number of nitrogens with one attached hydrogen (secondary N) is 2. The fourth-order valence-electron chi connectivity index (χ4n) is 2.24. The Kier molecular flexibility index (Phi) is 4.01. The second-order valence-corrected chi connectivity index (χ2v) is 5.58. The minimum atomic E-state index is 0.321. The SMILES string of the molecule is CN(C)c1nccc(NCC2(C)CCCNC2)n1. The molecule has 5 heteroatoms. The van der Waals surface area contributed by atoms with Gasteiger partial charge in [0, 0.05) is 33.4 Å². The molecule has 1 saturated heterocycles. The summed E-state index contributed by atoms with van der Waals surface area (Å²) in [6.45, 7) is 5.49. The molecule has 1 aromatic heterocycles. The predicted octanol–water partition coefficient (Wildman–Crippen LogP) is 1.34. The summed E-state index contributed by atoms with van der Waals surface area (Å²) < 4.78 is 0. The summed E-state index contributed by atoms with van der Waals surface area (Å²) in [5.41, 5.74) is 0.321. The molecule has 1 fully saturated rings. The standard InChI is InChI=1S/C13H23N5/c1-13(6-4-7-14-9-13)10-16-11-5-8-15-12(17-11)18(2)3/h5,8,14H,4,6-7,9-10H2,1-3H3,(H,15,16,17). The van der Waals surface area contributed by atoms with Crippen molar-refractivity contribution >= 4 is 11.8 Å². The molecule has 0 aliphatic carbocycles. The Bertz CT molecular complexity index is 385. The van der Waals surface area contributed by atoms with Crippen LogP contribution >= 0.6 is 0 Å².